The fraction of sp³-hybridized carbons (Fsp3) is 0.300. The summed E-state index contributed by atoms with van der Waals surface area (Å²) in [5.74, 6) is 0.733. The maximum atomic E-state index is 12.3. The highest BCUT2D eigenvalue weighted by molar-refractivity contribution is 6.02. The SMILES string of the molecule is C=CC(=O)Nc1cc(Nc2nccc(-c3cn(C)c4ccccc34)n2)c(OC)cc1N(C)CCN(CC)CC. The smallest absolute Gasteiger partial charge is 0.247 e. The Morgan fingerprint density at radius 2 is 1.90 bits per heavy atom. The molecule has 9 nitrogen and oxygen atoms in total. The van der Waals surface area contributed by atoms with Crippen molar-refractivity contribution in [1.82, 2.24) is 19.4 Å². The number of rotatable bonds is 12. The second kappa shape index (κ2) is 12.4. The number of carbonyl (C=O) groups excluding carboxylic acids is 1. The molecule has 0 saturated heterocycles. The largest absolute Gasteiger partial charge is 0.494 e. The molecule has 1 amide bonds. The summed E-state index contributed by atoms with van der Waals surface area (Å²) in [5.41, 5.74) is 5.06. The number of nitrogens with zero attached hydrogens (tertiary/aromatic N) is 5. The van der Waals surface area contributed by atoms with Gasteiger partial charge in [-0.1, -0.05) is 38.6 Å². The lowest BCUT2D eigenvalue weighted by Gasteiger charge is -2.27. The molecule has 2 aromatic carbocycles. The number of para-hydroxylation sites is 1. The van der Waals surface area contributed by atoms with E-state index in [2.05, 4.69) is 68.7 Å². The van der Waals surface area contributed by atoms with Crippen LogP contribution in [0.3, 0.4) is 0 Å². The van der Waals surface area contributed by atoms with Gasteiger partial charge in [0.15, 0.2) is 0 Å². The van der Waals surface area contributed by atoms with E-state index in [4.69, 9.17) is 9.72 Å². The molecule has 4 rings (SSSR count). The number of aryl methyl sites for hydroxylation is 1. The lowest BCUT2D eigenvalue weighted by molar-refractivity contribution is -0.111. The molecule has 0 saturated carbocycles. The molecule has 0 fully saturated rings. The standard InChI is InChI=1S/C30H37N7O2/c1-7-29(38)32-24-18-25(28(39-6)19-27(24)35(4)16-17-37(8-2)9-3)34-30-31-15-14-23(33-30)22-20-36(5)26-13-11-10-12-21(22)26/h7,10-15,18-20H,1,8-9,16-17H2,2-6H3,(H,32,38)(H,31,33,34). The number of anilines is 4. The molecule has 0 atom stereocenters. The van der Waals surface area contributed by atoms with Crippen molar-refractivity contribution in [2.45, 2.75) is 13.8 Å². The predicted octanol–water partition coefficient (Wildman–Crippen LogP) is 5.29. The molecule has 0 aliphatic heterocycles. The normalized spacial score (nSPS) is 11.0. The van der Waals surface area contributed by atoms with Crippen LogP contribution in [0, 0.1) is 0 Å². The molecule has 0 aliphatic carbocycles. The van der Waals surface area contributed by atoms with Gasteiger partial charge in [0.25, 0.3) is 0 Å². The van der Waals surface area contributed by atoms with Crippen molar-refractivity contribution in [3.05, 3.63) is 67.5 Å². The van der Waals surface area contributed by atoms with Crippen LogP contribution in [0.25, 0.3) is 22.2 Å². The minimum atomic E-state index is -0.293. The number of aromatic nitrogens is 3. The Hall–Kier alpha value is -4.37. The van der Waals surface area contributed by atoms with Crippen LogP contribution in [0.2, 0.25) is 0 Å². The first-order valence-electron chi connectivity index (χ1n) is 13.1. The van der Waals surface area contributed by atoms with E-state index in [1.54, 1.807) is 13.3 Å². The van der Waals surface area contributed by atoms with Crippen LogP contribution >= 0.6 is 0 Å². The van der Waals surface area contributed by atoms with Crippen LogP contribution in [-0.2, 0) is 11.8 Å². The van der Waals surface area contributed by atoms with Crippen molar-refractivity contribution in [2.75, 3.05) is 55.9 Å². The average molecular weight is 528 g/mol. The zero-order valence-corrected chi connectivity index (χ0v) is 23.4. The second-order valence-corrected chi connectivity index (χ2v) is 9.27. The van der Waals surface area contributed by atoms with Gasteiger partial charge in [-0.15, -0.1) is 0 Å². The predicted molar refractivity (Wildman–Crippen MR) is 160 cm³/mol. The molecule has 2 aromatic heterocycles. The highest BCUT2D eigenvalue weighted by atomic mass is 16.5. The van der Waals surface area contributed by atoms with Crippen LogP contribution in [0.5, 0.6) is 5.75 Å². The van der Waals surface area contributed by atoms with Gasteiger partial charge < -0.3 is 29.7 Å². The van der Waals surface area contributed by atoms with Gasteiger partial charge in [-0.3, -0.25) is 4.79 Å². The number of methoxy groups -OCH3 is 1. The topological polar surface area (TPSA) is 87.5 Å². The Morgan fingerprint density at radius 3 is 2.62 bits per heavy atom. The minimum Gasteiger partial charge on any atom is -0.494 e. The zero-order chi connectivity index (χ0) is 27.9. The highest BCUT2D eigenvalue weighted by Gasteiger charge is 2.17. The first-order chi connectivity index (χ1) is 18.9. The summed E-state index contributed by atoms with van der Waals surface area (Å²) in [6.07, 6.45) is 5.06. The van der Waals surface area contributed by atoms with Gasteiger partial charge in [0.05, 0.1) is 29.9 Å². The molecule has 0 unspecified atom stereocenters. The van der Waals surface area contributed by atoms with Crippen molar-refractivity contribution in [1.29, 1.82) is 0 Å². The van der Waals surface area contributed by atoms with Gasteiger partial charge >= 0.3 is 0 Å². The zero-order valence-electron chi connectivity index (χ0n) is 23.4. The summed E-state index contributed by atoms with van der Waals surface area (Å²) in [4.78, 5) is 26.0. The Morgan fingerprint density at radius 1 is 1.13 bits per heavy atom. The number of likely N-dealkylation sites (N-methyl/N-ethyl adjacent to an activating group) is 2. The number of ether oxygens (including phenoxy) is 1. The molecule has 2 heterocycles. The minimum absolute atomic E-state index is 0.293. The molecule has 0 aliphatic rings. The Kier molecular flexibility index (Phi) is 8.83. The van der Waals surface area contributed by atoms with Crippen molar-refractivity contribution in [3.63, 3.8) is 0 Å². The van der Waals surface area contributed by atoms with Crippen molar-refractivity contribution >= 4 is 39.8 Å². The summed E-state index contributed by atoms with van der Waals surface area (Å²) >= 11 is 0. The Bertz CT molecular complexity index is 1460. The van der Waals surface area contributed by atoms with E-state index in [0.717, 1.165) is 54.0 Å². The molecule has 4 aromatic rings. The fourth-order valence-corrected chi connectivity index (χ4v) is 4.62. The van der Waals surface area contributed by atoms with E-state index in [9.17, 15) is 4.79 Å². The first-order valence-corrected chi connectivity index (χ1v) is 13.1. The van der Waals surface area contributed by atoms with E-state index in [1.807, 2.05) is 44.4 Å². The van der Waals surface area contributed by atoms with E-state index in [1.165, 1.54) is 6.08 Å². The van der Waals surface area contributed by atoms with Crippen molar-refractivity contribution < 1.29 is 9.53 Å². The van der Waals surface area contributed by atoms with E-state index < -0.39 is 0 Å². The van der Waals surface area contributed by atoms with Gasteiger partial charge in [-0.2, -0.15) is 0 Å². The maximum Gasteiger partial charge on any atom is 0.247 e. The number of carbonyl (C=O) groups is 1. The van der Waals surface area contributed by atoms with Crippen LogP contribution in [-0.4, -0.2) is 65.7 Å². The lowest BCUT2D eigenvalue weighted by Crippen LogP contribution is -2.33. The summed E-state index contributed by atoms with van der Waals surface area (Å²) in [6, 6.07) is 13.9. The van der Waals surface area contributed by atoms with Gasteiger partial charge in [-0.25, -0.2) is 9.97 Å². The van der Waals surface area contributed by atoms with Gasteiger partial charge in [0.1, 0.15) is 5.75 Å². The van der Waals surface area contributed by atoms with Gasteiger partial charge in [0.2, 0.25) is 11.9 Å². The van der Waals surface area contributed by atoms with Crippen LogP contribution in [0.1, 0.15) is 13.8 Å². The number of hydrogen-bond donors (Lipinski definition) is 2. The number of nitrogens with one attached hydrogen (secondary N) is 2. The fourth-order valence-electron chi connectivity index (χ4n) is 4.62. The lowest BCUT2D eigenvalue weighted by atomic mass is 10.1. The quantitative estimate of drug-likeness (QED) is 0.242. The Labute approximate surface area is 230 Å². The maximum absolute atomic E-state index is 12.3. The Balaban J connectivity index is 1.68. The molecule has 2 N–H and O–H groups in total. The molecule has 0 radical (unpaired) electrons. The molecule has 204 valence electrons. The molecule has 0 spiro atoms. The van der Waals surface area contributed by atoms with E-state index >= 15 is 0 Å². The molecule has 39 heavy (non-hydrogen) atoms. The third kappa shape index (κ3) is 6.21. The number of amides is 1. The molecule has 9 heteroatoms. The summed E-state index contributed by atoms with van der Waals surface area (Å²) in [6.45, 7) is 11.6. The summed E-state index contributed by atoms with van der Waals surface area (Å²) < 4.78 is 7.84. The summed E-state index contributed by atoms with van der Waals surface area (Å²) in [5, 5.41) is 7.36. The monoisotopic (exact) mass is 527 g/mol. The summed E-state index contributed by atoms with van der Waals surface area (Å²) in [7, 11) is 5.65. The number of fused-ring (bicyclic) bond motifs is 1. The first kappa shape index (κ1) is 27.7. The van der Waals surface area contributed by atoms with Gasteiger partial charge in [0, 0.05) is 62.1 Å². The highest BCUT2D eigenvalue weighted by Crippen LogP contribution is 2.38. The van der Waals surface area contributed by atoms with Crippen LogP contribution in [0.15, 0.2) is 67.5 Å². The van der Waals surface area contributed by atoms with Crippen LogP contribution in [0.4, 0.5) is 23.0 Å². The average Bonchev–Trinajstić information content (AvgIpc) is 3.30. The van der Waals surface area contributed by atoms with Crippen molar-refractivity contribution in [3.8, 4) is 17.0 Å². The second-order valence-electron chi connectivity index (χ2n) is 9.27. The molecule has 0 bridgehead atoms. The number of benzene rings is 2. The third-order valence-electron chi connectivity index (χ3n) is 6.89. The molecular formula is C30H37N7O2. The van der Waals surface area contributed by atoms with E-state index in [-0.39, 0.29) is 5.91 Å². The van der Waals surface area contributed by atoms with Crippen LogP contribution < -0.4 is 20.3 Å². The van der Waals surface area contributed by atoms with Crippen molar-refractivity contribution in [2.24, 2.45) is 7.05 Å². The molecular weight excluding hydrogens is 490 g/mol. The van der Waals surface area contributed by atoms with Gasteiger partial charge in [-0.05, 0) is 37.4 Å². The van der Waals surface area contributed by atoms with E-state index in [0.29, 0.717) is 23.1 Å². The third-order valence-corrected chi connectivity index (χ3v) is 6.89. The number of hydrogen-bond acceptors (Lipinski definition) is 7.